The van der Waals surface area contributed by atoms with Crippen LogP contribution in [0.5, 0.6) is 0 Å². The number of aromatic nitrogens is 1. The van der Waals surface area contributed by atoms with Crippen molar-refractivity contribution in [3.05, 3.63) is 51.0 Å². The van der Waals surface area contributed by atoms with Gasteiger partial charge in [-0.25, -0.2) is 4.98 Å². The van der Waals surface area contributed by atoms with Gasteiger partial charge in [-0.1, -0.05) is 29.8 Å². The van der Waals surface area contributed by atoms with E-state index in [9.17, 15) is 0 Å². The predicted octanol–water partition coefficient (Wildman–Crippen LogP) is 4.42. The molecule has 0 saturated carbocycles. The average Bonchev–Trinajstić information content (AvgIpc) is 2.88. The molecule has 0 saturated heterocycles. The number of hydrogen-bond acceptors (Lipinski definition) is 3. The zero-order valence-electron chi connectivity index (χ0n) is 13.1. The summed E-state index contributed by atoms with van der Waals surface area (Å²) >= 11 is 1.91. The van der Waals surface area contributed by atoms with Gasteiger partial charge in [0.05, 0.1) is 11.7 Å². The lowest BCUT2D eigenvalue weighted by atomic mass is 10.0. The fraction of sp³-hybridized carbons (Fsp3) is 0.500. The Morgan fingerprint density at radius 1 is 1.19 bits per heavy atom. The zero-order valence-corrected chi connectivity index (χ0v) is 14.0. The zero-order chi connectivity index (χ0) is 14.8. The summed E-state index contributed by atoms with van der Waals surface area (Å²) in [5.41, 5.74) is 3.99. The Kier molecular flexibility index (Phi) is 4.41. The van der Waals surface area contributed by atoms with E-state index < -0.39 is 0 Å². The summed E-state index contributed by atoms with van der Waals surface area (Å²) in [7, 11) is 0. The van der Waals surface area contributed by atoms with Gasteiger partial charge in [0, 0.05) is 10.9 Å². The monoisotopic (exact) mass is 300 g/mol. The number of nitrogens with zero attached hydrogens (tertiary/aromatic N) is 1. The molecular weight excluding hydrogens is 276 g/mol. The van der Waals surface area contributed by atoms with E-state index in [1.54, 1.807) is 0 Å². The Morgan fingerprint density at radius 2 is 2.00 bits per heavy atom. The maximum absolute atomic E-state index is 4.97. The minimum Gasteiger partial charge on any atom is -0.302 e. The summed E-state index contributed by atoms with van der Waals surface area (Å²) in [6.07, 6.45) is 4.99. The maximum Gasteiger partial charge on any atom is 0.115 e. The molecule has 1 aliphatic carbocycles. The van der Waals surface area contributed by atoms with E-state index in [4.69, 9.17) is 4.98 Å². The molecule has 0 fully saturated rings. The molecule has 1 aliphatic rings. The van der Waals surface area contributed by atoms with Crippen LogP contribution in [-0.4, -0.2) is 11.0 Å². The number of benzene rings is 1. The summed E-state index contributed by atoms with van der Waals surface area (Å²) in [5.74, 6) is 0. The Bertz CT molecular complexity index is 592. The lowest BCUT2D eigenvalue weighted by molar-refractivity contribution is 0.525. The normalized spacial score (nSPS) is 16.0. The fourth-order valence-electron chi connectivity index (χ4n) is 2.99. The van der Waals surface area contributed by atoms with Crippen LogP contribution in [0.15, 0.2) is 24.3 Å². The quantitative estimate of drug-likeness (QED) is 0.904. The van der Waals surface area contributed by atoms with Gasteiger partial charge < -0.3 is 5.32 Å². The first-order valence-electron chi connectivity index (χ1n) is 7.94. The van der Waals surface area contributed by atoms with Crippen LogP contribution >= 0.6 is 11.3 Å². The van der Waals surface area contributed by atoms with Crippen molar-refractivity contribution in [2.24, 2.45) is 0 Å². The SMILES string of the molecule is Cc1cccc(C(NC(C)C)c2nc3c(s2)CCCC3)c1. The largest absolute Gasteiger partial charge is 0.302 e. The lowest BCUT2D eigenvalue weighted by Crippen LogP contribution is -2.29. The molecule has 0 radical (unpaired) electrons. The highest BCUT2D eigenvalue weighted by Gasteiger charge is 2.22. The van der Waals surface area contributed by atoms with E-state index in [0.29, 0.717) is 6.04 Å². The molecule has 1 aromatic carbocycles. The lowest BCUT2D eigenvalue weighted by Gasteiger charge is -2.20. The smallest absolute Gasteiger partial charge is 0.115 e. The summed E-state index contributed by atoms with van der Waals surface area (Å²) in [5, 5.41) is 4.93. The average molecular weight is 300 g/mol. The van der Waals surface area contributed by atoms with Gasteiger partial charge in [0.25, 0.3) is 0 Å². The molecule has 0 amide bonds. The van der Waals surface area contributed by atoms with Gasteiger partial charge in [-0.3, -0.25) is 0 Å². The van der Waals surface area contributed by atoms with Crippen LogP contribution in [0, 0.1) is 6.92 Å². The van der Waals surface area contributed by atoms with Crippen molar-refractivity contribution < 1.29 is 0 Å². The summed E-state index contributed by atoms with van der Waals surface area (Å²) < 4.78 is 0. The molecule has 0 spiro atoms. The number of thiazole rings is 1. The Hall–Kier alpha value is -1.19. The Labute approximate surface area is 131 Å². The van der Waals surface area contributed by atoms with Crippen molar-refractivity contribution in [2.75, 3.05) is 0 Å². The molecular formula is C18H24N2S. The molecule has 1 aromatic heterocycles. The molecule has 2 aromatic rings. The van der Waals surface area contributed by atoms with Gasteiger partial charge >= 0.3 is 0 Å². The van der Waals surface area contributed by atoms with Gasteiger partial charge in [-0.05, 0) is 52.0 Å². The molecule has 2 nitrogen and oxygen atoms in total. The minimum absolute atomic E-state index is 0.223. The van der Waals surface area contributed by atoms with Crippen molar-refractivity contribution in [3.63, 3.8) is 0 Å². The summed E-state index contributed by atoms with van der Waals surface area (Å²) in [6.45, 7) is 6.56. The van der Waals surface area contributed by atoms with Gasteiger partial charge in [0.2, 0.25) is 0 Å². The third kappa shape index (κ3) is 3.35. The number of aryl methyl sites for hydroxylation is 3. The van der Waals surface area contributed by atoms with Gasteiger partial charge in [0.15, 0.2) is 0 Å². The second-order valence-electron chi connectivity index (χ2n) is 6.30. The van der Waals surface area contributed by atoms with Crippen LogP contribution in [0.25, 0.3) is 0 Å². The highest BCUT2D eigenvalue weighted by atomic mass is 32.1. The first-order valence-corrected chi connectivity index (χ1v) is 8.76. The number of fused-ring (bicyclic) bond motifs is 1. The van der Waals surface area contributed by atoms with Crippen LogP contribution in [0.4, 0.5) is 0 Å². The van der Waals surface area contributed by atoms with E-state index in [-0.39, 0.29) is 6.04 Å². The summed E-state index contributed by atoms with van der Waals surface area (Å²) in [4.78, 5) is 6.48. The van der Waals surface area contributed by atoms with E-state index in [2.05, 4.69) is 50.4 Å². The van der Waals surface area contributed by atoms with Crippen molar-refractivity contribution >= 4 is 11.3 Å². The molecule has 0 aliphatic heterocycles. The molecule has 1 N–H and O–H groups in total. The number of nitrogens with one attached hydrogen (secondary N) is 1. The molecule has 1 heterocycles. The molecule has 1 unspecified atom stereocenters. The van der Waals surface area contributed by atoms with Crippen LogP contribution in [-0.2, 0) is 12.8 Å². The predicted molar refractivity (Wildman–Crippen MR) is 90.0 cm³/mol. The third-order valence-corrected chi connectivity index (χ3v) is 5.21. The Balaban J connectivity index is 1.97. The van der Waals surface area contributed by atoms with Gasteiger partial charge in [0.1, 0.15) is 5.01 Å². The van der Waals surface area contributed by atoms with Gasteiger partial charge in [-0.15, -0.1) is 11.3 Å². The molecule has 112 valence electrons. The standard InChI is InChI=1S/C18H24N2S/c1-12(2)19-17(14-8-6-7-13(3)11-14)18-20-15-9-4-5-10-16(15)21-18/h6-8,11-12,17,19H,4-5,9-10H2,1-3H3. The van der Waals surface area contributed by atoms with Crippen molar-refractivity contribution in [1.29, 1.82) is 0 Å². The third-order valence-electron chi connectivity index (χ3n) is 3.98. The van der Waals surface area contributed by atoms with E-state index in [1.807, 2.05) is 11.3 Å². The van der Waals surface area contributed by atoms with Crippen LogP contribution in [0.1, 0.15) is 59.4 Å². The first kappa shape index (κ1) is 14.7. The van der Waals surface area contributed by atoms with Crippen LogP contribution < -0.4 is 5.32 Å². The maximum atomic E-state index is 4.97. The molecule has 0 bridgehead atoms. The number of hydrogen-bond donors (Lipinski definition) is 1. The van der Waals surface area contributed by atoms with E-state index >= 15 is 0 Å². The Morgan fingerprint density at radius 3 is 2.71 bits per heavy atom. The number of rotatable bonds is 4. The van der Waals surface area contributed by atoms with Crippen LogP contribution in [0.3, 0.4) is 0 Å². The van der Waals surface area contributed by atoms with Gasteiger partial charge in [-0.2, -0.15) is 0 Å². The second-order valence-corrected chi connectivity index (χ2v) is 7.41. The van der Waals surface area contributed by atoms with E-state index in [1.165, 1.54) is 46.0 Å². The van der Waals surface area contributed by atoms with Crippen LogP contribution in [0.2, 0.25) is 0 Å². The van der Waals surface area contributed by atoms with Crippen molar-refractivity contribution in [1.82, 2.24) is 10.3 Å². The molecule has 3 heteroatoms. The topological polar surface area (TPSA) is 24.9 Å². The fourth-order valence-corrected chi connectivity index (χ4v) is 4.23. The first-order chi connectivity index (χ1) is 10.1. The van der Waals surface area contributed by atoms with Crippen molar-refractivity contribution in [3.8, 4) is 0 Å². The second kappa shape index (κ2) is 6.29. The summed E-state index contributed by atoms with van der Waals surface area (Å²) in [6, 6.07) is 9.46. The minimum atomic E-state index is 0.223. The van der Waals surface area contributed by atoms with E-state index in [0.717, 1.165) is 6.42 Å². The highest BCUT2D eigenvalue weighted by molar-refractivity contribution is 7.11. The molecule has 1 atom stereocenters. The van der Waals surface area contributed by atoms with Crippen molar-refractivity contribution in [2.45, 2.75) is 58.5 Å². The molecule has 21 heavy (non-hydrogen) atoms. The molecule has 3 rings (SSSR count). The highest BCUT2D eigenvalue weighted by Crippen LogP contribution is 2.33.